The van der Waals surface area contributed by atoms with Gasteiger partial charge in [0.15, 0.2) is 12.6 Å². The molecule has 23 heteroatoms. The molecule has 0 radical (unpaired) electrons. The van der Waals surface area contributed by atoms with Crippen molar-refractivity contribution in [3.63, 3.8) is 0 Å². The summed E-state index contributed by atoms with van der Waals surface area (Å²) in [5.74, 6) is -3.33. The number of hydrogen-bond donors (Lipinski definition) is 15. The van der Waals surface area contributed by atoms with Gasteiger partial charge >= 0.3 is 0 Å². The summed E-state index contributed by atoms with van der Waals surface area (Å²) in [6.07, 6.45) is -16.5. The molecule has 0 aromatic rings. The van der Waals surface area contributed by atoms with Crippen LogP contribution < -0.4 is 22.9 Å². The number of hydrogen-bond acceptors (Lipinski definition) is 19. The zero-order chi connectivity index (χ0) is 38.9. The van der Waals surface area contributed by atoms with E-state index in [0.29, 0.717) is 0 Å². The molecule has 1 aliphatic carbocycles. The lowest BCUT2D eigenvalue weighted by Crippen LogP contribution is -2.68. The lowest BCUT2D eigenvalue weighted by molar-refractivity contribution is -0.332. The number of rotatable bonds is 6. The molecule has 3 fully saturated rings. The van der Waals surface area contributed by atoms with Crippen LogP contribution in [0.25, 0.3) is 0 Å². The summed E-state index contributed by atoms with van der Waals surface area (Å²) in [5, 5.41) is 101. The fraction of sp³-hybridized carbons (Fsp3) is 0.846. The number of ether oxygens (including phenoxy) is 4. The van der Waals surface area contributed by atoms with Crippen LogP contribution in [-0.4, -0.2) is 185 Å². The Morgan fingerprint density at radius 3 is 1.29 bits per heavy atom. The first kappa shape index (κ1) is 48.4. The van der Waals surface area contributed by atoms with Gasteiger partial charge < -0.3 is 98.1 Å². The smallest absolute Gasteiger partial charge is 0.300 e. The van der Waals surface area contributed by atoms with E-state index in [-0.39, 0.29) is 13.0 Å². The Bertz CT molecular complexity index is 880. The molecular weight excluding hydrogens is 672 g/mol. The van der Waals surface area contributed by atoms with Crippen LogP contribution in [0.3, 0.4) is 0 Å². The first-order valence-electron chi connectivity index (χ1n) is 14.5. The number of nitrogens with two attached hydrogens (primary N) is 4. The van der Waals surface area contributed by atoms with Crippen LogP contribution in [0.1, 0.15) is 34.1 Å². The van der Waals surface area contributed by atoms with Gasteiger partial charge in [-0.25, -0.2) is 0 Å². The summed E-state index contributed by atoms with van der Waals surface area (Å²) in [4.78, 5) is 36.0. The van der Waals surface area contributed by atoms with Gasteiger partial charge in [0.2, 0.25) is 0 Å². The number of aliphatic hydroxyl groups is 7. The molecule has 1 saturated carbocycles. The molecule has 0 unspecified atom stereocenters. The van der Waals surface area contributed by atoms with Gasteiger partial charge in [-0.2, -0.15) is 0 Å². The van der Waals surface area contributed by atoms with Crippen LogP contribution in [0, 0.1) is 0 Å². The van der Waals surface area contributed by atoms with Crippen molar-refractivity contribution in [1.29, 1.82) is 0 Å². The number of carboxylic acids is 4. The Labute approximate surface area is 280 Å². The predicted molar refractivity (Wildman–Crippen MR) is 161 cm³/mol. The van der Waals surface area contributed by atoms with E-state index in [0.717, 1.165) is 27.7 Å². The molecule has 0 amide bonds. The van der Waals surface area contributed by atoms with Crippen molar-refractivity contribution in [3.8, 4) is 0 Å². The van der Waals surface area contributed by atoms with Crippen molar-refractivity contribution < 1.29 is 94.3 Å². The van der Waals surface area contributed by atoms with E-state index in [1.165, 1.54) is 0 Å². The molecule has 19 N–H and O–H groups in total. The molecule has 15 atom stereocenters. The second-order valence-corrected chi connectivity index (χ2v) is 10.9. The summed E-state index contributed by atoms with van der Waals surface area (Å²) in [5.41, 5.74) is 23.5. The molecule has 49 heavy (non-hydrogen) atoms. The third-order valence-corrected chi connectivity index (χ3v) is 6.48. The molecule has 3 rings (SSSR count). The molecule has 3 aliphatic rings. The largest absolute Gasteiger partial charge is 0.481 e. The van der Waals surface area contributed by atoms with Crippen molar-refractivity contribution in [3.05, 3.63) is 0 Å². The molecule has 0 bridgehead atoms. The normalized spacial score (nSPS) is 38.2. The van der Waals surface area contributed by atoms with Crippen molar-refractivity contribution in [2.75, 3.05) is 13.2 Å². The first-order chi connectivity index (χ1) is 22.4. The lowest BCUT2D eigenvalue weighted by atomic mass is 9.84. The van der Waals surface area contributed by atoms with Crippen molar-refractivity contribution in [2.24, 2.45) is 22.9 Å². The highest BCUT2D eigenvalue weighted by Crippen LogP contribution is 2.31. The lowest BCUT2D eigenvalue weighted by Gasteiger charge is -2.48. The summed E-state index contributed by atoms with van der Waals surface area (Å²) in [7, 11) is 0. The molecular formula is C26H52N4O19. The van der Waals surface area contributed by atoms with Gasteiger partial charge in [0, 0.05) is 46.3 Å². The molecule has 290 valence electrons. The van der Waals surface area contributed by atoms with E-state index in [1.807, 2.05) is 0 Å². The molecule has 2 saturated heterocycles. The van der Waals surface area contributed by atoms with Crippen LogP contribution in [0.4, 0.5) is 0 Å². The average Bonchev–Trinajstić information content (AvgIpc) is 2.96. The molecule has 23 nitrogen and oxygen atoms in total. The number of carboxylic acid groups (broad SMARTS) is 4. The standard InChI is InChI=1S/C18H36N4O11.4C2H4O2/c19-2-6-10(25)12(27)13(28)18(30-6)33-16-5(21)1-4(20)15(14(16)29)32-17-11(26)8(22)9(24)7(3-23)31-17;4*1-2(3)4/h4-18,23-29H,1-3,19-22H2;4*1H3,(H,3,4)/t4-,5+,6+,7-,8+,9-,10+,11-,12-,13+,14-,15+,16-,17+,18+;;;;/m1..../s1. The molecule has 2 heterocycles. The minimum absolute atomic E-state index is 0.0849. The summed E-state index contributed by atoms with van der Waals surface area (Å²) < 4.78 is 22.2. The fourth-order valence-corrected chi connectivity index (χ4v) is 4.40. The highest BCUT2D eigenvalue weighted by atomic mass is 16.7. The van der Waals surface area contributed by atoms with Gasteiger partial charge in [-0.05, 0) is 6.42 Å². The Kier molecular flexibility index (Phi) is 23.3. The zero-order valence-electron chi connectivity index (χ0n) is 27.3. The Balaban J connectivity index is 0. The number of aliphatic hydroxyl groups excluding tert-OH is 7. The minimum Gasteiger partial charge on any atom is -0.481 e. The van der Waals surface area contributed by atoms with E-state index in [2.05, 4.69) is 0 Å². The van der Waals surface area contributed by atoms with E-state index in [1.54, 1.807) is 0 Å². The van der Waals surface area contributed by atoms with E-state index in [4.69, 9.17) is 81.5 Å². The van der Waals surface area contributed by atoms with E-state index in [9.17, 15) is 35.7 Å². The third kappa shape index (κ3) is 17.7. The van der Waals surface area contributed by atoms with Gasteiger partial charge in [0.05, 0.1) is 12.6 Å². The highest BCUT2D eigenvalue weighted by molar-refractivity contribution is 5.63. The van der Waals surface area contributed by atoms with Crippen molar-refractivity contribution in [1.82, 2.24) is 0 Å². The average molecular weight is 725 g/mol. The third-order valence-electron chi connectivity index (χ3n) is 6.48. The van der Waals surface area contributed by atoms with Gasteiger partial charge in [-0.15, -0.1) is 0 Å². The maximum Gasteiger partial charge on any atom is 0.300 e. The quantitative estimate of drug-likeness (QED) is 0.121. The Morgan fingerprint density at radius 1 is 0.592 bits per heavy atom. The summed E-state index contributed by atoms with van der Waals surface area (Å²) in [6, 6.07) is -2.86. The summed E-state index contributed by atoms with van der Waals surface area (Å²) >= 11 is 0. The Hall–Kier alpha value is -2.72. The molecule has 0 aromatic heterocycles. The molecule has 0 aromatic carbocycles. The van der Waals surface area contributed by atoms with Gasteiger partial charge in [0.1, 0.15) is 61.0 Å². The maximum atomic E-state index is 10.9. The second-order valence-electron chi connectivity index (χ2n) is 10.9. The monoisotopic (exact) mass is 724 g/mol. The van der Waals surface area contributed by atoms with E-state index >= 15 is 0 Å². The van der Waals surface area contributed by atoms with Crippen LogP contribution in [0.5, 0.6) is 0 Å². The second kappa shape index (κ2) is 23.6. The Morgan fingerprint density at radius 2 is 0.939 bits per heavy atom. The maximum absolute atomic E-state index is 10.9. The highest BCUT2D eigenvalue weighted by Gasteiger charge is 2.51. The summed E-state index contributed by atoms with van der Waals surface area (Å²) in [6.45, 7) is 3.57. The molecule has 0 spiro atoms. The van der Waals surface area contributed by atoms with E-state index < -0.39 is 122 Å². The van der Waals surface area contributed by atoms with Crippen LogP contribution in [0.2, 0.25) is 0 Å². The van der Waals surface area contributed by atoms with Gasteiger partial charge in [0.25, 0.3) is 23.9 Å². The zero-order valence-corrected chi connectivity index (χ0v) is 27.3. The number of aliphatic carboxylic acids is 4. The predicted octanol–water partition coefficient (Wildman–Crippen LogP) is -6.93. The van der Waals surface area contributed by atoms with Gasteiger partial charge in [-0.3, -0.25) is 19.2 Å². The van der Waals surface area contributed by atoms with Crippen LogP contribution in [-0.2, 0) is 38.1 Å². The topological polar surface area (TPSA) is 432 Å². The fourth-order valence-electron chi connectivity index (χ4n) is 4.40. The van der Waals surface area contributed by atoms with Crippen LogP contribution in [0.15, 0.2) is 0 Å². The molecule has 2 aliphatic heterocycles. The van der Waals surface area contributed by atoms with Crippen molar-refractivity contribution >= 4 is 23.9 Å². The van der Waals surface area contributed by atoms with Crippen LogP contribution >= 0.6 is 0 Å². The van der Waals surface area contributed by atoms with Crippen molar-refractivity contribution in [2.45, 2.75) is 126 Å². The SMILES string of the molecule is CC(=O)O.CC(=O)O.CC(=O)O.CC(=O)O.NC[C@@H]1O[C@@H](O[C@H]2[C@H](O)[C@@H](O[C@@H]3O[C@H](CO)[C@@H](O)[C@H](N)[C@H]3O)[C@H](N)C[C@@H]2N)[C@@H](O)[C@H](O)[C@H]1O. The first-order valence-corrected chi connectivity index (χ1v) is 14.5. The van der Waals surface area contributed by atoms with Gasteiger partial charge in [-0.1, -0.05) is 0 Å². The minimum atomic E-state index is -1.66. The number of carbonyl (C=O) groups is 4.